The molecule has 2 aromatic heterocycles. The lowest BCUT2D eigenvalue weighted by atomic mass is 10.1. The number of rotatable bonds is 7. The first kappa shape index (κ1) is 14.3. The van der Waals surface area contributed by atoms with Crippen molar-refractivity contribution in [2.75, 3.05) is 6.54 Å². The minimum Gasteiger partial charge on any atom is -0.309 e. The van der Waals surface area contributed by atoms with Gasteiger partial charge in [0.1, 0.15) is 0 Å². The van der Waals surface area contributed by atoms with Crippen molar-refractivity contribution >= 4 is 11.3 Å². The van der Waals surface area contributed by atoms with Gasteiger partial charge in [-0.3, -0.25) is 4.68 Å². The Bertz CT molecular complexity index is 487. The molecule has 0 aromatic carbocycles. The fourth-order valence-corrected chi connectivity index (χ4v) is 3.13. The quantitative estimate of drug-likeness (QED) is 0.838. The van der Waals surface area contributed by atoms with Crippen LogP contribution in [-0.4, -0.2) is 16.3 Å². The van der Waals surface area contributed by atoms with Crippen LogP contribution in [0.15, 0.2) is 23.6 Å². The highest BCUT2D eigenvalue weighted by Crippen LogP contribution is 2.23. The Kier molecular flexibility index (Phi) is 5.16. The zero-order valence-electron chi connectivity index (χ0n) is 12.0. The lowest BCUT2D eigenvalue weighted by Gasteiger charge is -2.17. The Labute approximate surface area is 119 Å². The average molecular weight is 277 g/mol. The fourth-order valence-electron chi connectivity index (χ4n) is 2.33. The van der Waals surface area contributed by atoms with Gasteiger partial charge in [0, 0.05) is 29.6 Å². The van der Waals surface area contributed by atoms with Crippen molar-refractivity contribution in [3.05, 3.63) is 39.8 Å². The maximum absolute atomic E-state index is 4.54. The number of nitrogens with one attached hydrogen (secondary N) is 1. The third-order valence-corrected chi connectivity index (χ3v) is 4.21. The summed E-state index contributed by atoms with van der Waals surface area (Å²) in [5.74, 6) is 0. The molecule has 0 aliphatic carbocycles. The summed E-state index contributed by atoms with van der Waals surface area (Å²) in [6.45, 7) is 8.42. The molecular formula is C15H23N3S. The maximum atomic E-state index is 4.54. The number of hydrogen-bond donors (Lipinski definition) is 1. The number of nitrogens with zero attached hydrogens (tertiary/aromatic N) is 2. The van der Waals surface area contributed by atoms with Gasteiger partial charge in [-0.15, -0.1) is 11.3 Å². The van der Waals surface area contributed by atoms with Crippen LogP contribution >= 0.6 is 11.3 Å². The SMILES string of the molecule is CCCNC(Cc1cc(C)nn1CC)c1cccs1. The van der Waals surface area contributed by atoms with Gasteiger partial charge in [-0.05, 0) is 44.3 Å². The zero-order valence-corrected chi connectivity index (χ0v) is 12.8. The first-order valence-electron chi connectivity index (χ1n) is 7.04. The first-order chi connectivity index (χ1) is 9.24. The molecule has 4 heteroatoms. The molecule has 2 heterocycles. The molecule has 0 radical (unpaired) electrons. The molecule has 0 aliphatic heterocycles. The fraction of sp³-hybridized carbons (Fsp3) is 0.533. The molecule has 1 atom stereocenters. The van der Waals surface area contributed by atoms with Crippen molar-refractivity contribution in [1.29, 1.82) is 0 Å². The second-order valence-corrected chi connectivity index (χ2v) is 5.80. The molecular weight excluding hydrogens is 254 g/mol. The Morgan fingerprint density at radius 3 is 2.89 bits per heavy atom. The molecule has 1 N–H and O–H groups in total. The third kappa shape index (κ3) is 3.67. The van der Waals surface area contributed by atoms with Gasteiger partial charge in [0.15, 0.2) is 0 Å². The highest BCUT2D eigenvalue weighted by molar-refractivity contribution is 7.10. The minimum atomic E-state index is 0.404. The van der Waals surface area contributed by atoms with E-state index in [4.69, 9.17) is 0 Å². The van der Waals surface area contributed by atoms with E-state index in [9.17, 15) is 0 Å². The van der Waals surface area contributed by atoms with E-state index in [0.717, 1.165) is 31.6 Å². The van der Waals surface area contributed by atoms with E-state index in [2.05, 4.69) is 59.4 Å². The van der Waals surface area contributed by atoms with Crippen LogP contribution in [0.4, 0.5) is 0 Å². The van der Waals surface area contributed by atoms with Crippen LogP contribution < -0.4 is 5.32 Å². The van der Waals surface area contributed by atoms with Gasteiger partial charge in [-0.1, -0.05) is 13.0 Å². The van der Waals surface area contributed by atoms with E-state index in [1.165, 1.54) is 10.6 Å². The van der Waals surface area contributed by atoms with Crippen LogP contribution in [0.2, 0.25) is 0 Å². The molecule has 104 valence electrons. The number of thiophene rings is 1. The minimum absolute atomic E-state index is 0.404. The molecule has 2 rings (SSSR count). The number of aryl methyl sites for hydroxylation is 2. The lowest BCUT2D eigenvalue weighted by molar-refractivity contribution is 0.508. The molecule has 0 amide bonds. The van der Waals surface area contributed by atoms with E-state index in [1.54, 1.807) is 0 Å². The van der Waals surface area contributed by atoms with Gasteiger partial charge in [0.05, 0.1) is 5.69 Å². The first-order valence-corrected chi connectivity index (χ1v) is 7.92. The van der Waals surface area contributed by atoms with E-state index < -0.39 is 0 Å². The summed E-state index contributed by atoms with van der Waals surface area (Å²) in [6, 6.07) is 6.96. The maximum Gasteiger partial charge on any atom is 0.0596 e. The van der Waals surface area contributed by atoms with Crippen molar-refractivity contribution in [2.45, 2.75) is 46.2 Å². The van der Waals surface area contributed by atoms with Gasteiger partial charge in [-0.25, -0.2) is 0 Å². The van der Waals surface area contributed by atoms with Gasteiger partial charge in [0.2, 0.25) is 0 Å². The van der Waals surface area contributed by atoms with Crippen molar-refractivity contribution in [1.82, 2.24) is 15.1 Å². The summed E-state index contributed by atoms with van der Waals surface area (Å²) in [6.07, 6.45) is 2.17. The molecule has 3 nitrogen and oxygen atoms in total. The Hall–Kier alpha value is -1.13. The van der Waals surface area contributed by atoms with Crippen molar-refractivity contribution in [3.8, 4) is 0 Å². The number of hydrogen-bond acceptors (Lipinski definition) is 3. The standard InChI is InChI=1S/C15H23N3S/c1-4-8-16-14(15-7-6-9-19-15)11-13-10-12(3)17-18(13)5-2/h6-7,9-10,14,16H,4-5,8,11H2,1-3H3. The van der Waals surface area contributed by atoms with Gasteiger partial charge in [0.25, 0.3) is 0 Å². The molecule has 0 fully saturated rings. The molecule has 0 aliphatic rings. The predicted molar refractivity (Wildman–Crippen MR) is 81.7 cm³/mol. The summed E-state index contributed by atoms with van der Waals surface area (Å²) < 4.78 is 2.11. The summed E-state index contributed by atoms with van der Waals surface area (Å²) in [7, 11) is 0. The van der Waals surface area contributed by atoms with Crippen LogP contribution in [0, 0.1) is 6.92 Å². The topological polar surface area (TPSA) is 29.9 Å². The molecule has 2 aromatic rings. The van der Waals surface area contributed by atoms with E-state index >= 15 is 0 Å². The second kappa shape index (κ2) is 6.87. The summed E-state index contributed by atoms with van der Waals surface area (Å²) in [5, 5.41) is 10.3. The summed E-state index contributed by atoms with van der Waals surface area (Å²) in [4.78, 5) is 1.41. The molecule has 0 saturated heterocycles. The zero-order chi connectivity index (χ0) is 13.7. The van der Waals surface area contributed by atoms with Crippen LogP contribution in [0.5, 0.6) is 0 Å². The number of aromatic nitrogens is 2. The molecule has 1 unspecified atom stereocenters. The molecule has 19 heavy (non-hydrogen) atoms. The summed E-state index contributed by atoms with van der Waals surface area (Å²) >= 11 is 1.83. The van der Waals surface area contributed by atoms with E-state index in [0.29, 0.717) is 6.04 Å². The van der Waals surface area contributed by atoms with Gasteiger partial charge >= 0.3 is 0 Å². The van der Waals surface area contributed by atoms with Crippen LogP contribution in [-0.2, 0) is 13.0 Å². The van der Waals surface area contributed by atoms with E-state index in [1.807, 2.05) is 11.3 Å². The van der Waals surface area contributed by atoms with Gasteiger partial charge in [-0.2, -0.15) is 5.10 Å². The van der Waals surface area contributed by atoms with E-state index in [-0.39, 0.29) is 0 Å². The summed E-state index contributed by atoms with van der Waals surface area (Å²) in [5.41, 5.74) is 2.43. The lowest BCUT2D eigenvalue weighted by Crippen LogP contribution is -2.24. The van der Waals surface area contributed by atoms with Crippen molar-refractivity contribution < 1.29 is 0 Å². The molecule has 0 spiro atoms. The van der Waals surface area contributed by atoms with Crippen molar-refractivity contribution in [2.24, 2.45) is 0 Å². The van der Waals surface area contributed by atoms with Gasteiger partial charge < -0.3 is 5.32 Å². The normalized spacial score (nSPS) is 12.8. The molecule has 0 bridgehead atoms. The Morgan fingerprint density at radius 2 is 2.26 bits per heavy atom. The highest BCUT2D eigenvalue weighted by atomic mass is 32.1. The highest BCUT2D eigenvalue weighted by Gasteiger charge is 2.15. The average Bonchev–Trinajstić information content (AvgIpc) is 3.03. The largest absolute Gasteiger partial charge is 0.309 e. The Balaban J connectivity index is 2.15. The Morgan fingerprint density at radius 1 is 1.42 bits per heavy atom. The second-order valence-electron chi connectivity index (χ2n) is 4.82. The van der Waals surface area contributed by atoms with Crippen molar-refractivity contribution in [3.63, 3.8) is 0 Å². The molecule has 0 saturated carbocycles. The smallest absolute Gasteiger partial charge is 0.0596 e. The van der Waals surface area contributed by atoms with Crippen LogP contribution in [0.25, 0.3) is 0 Å². The van der Waals surface area contributed by atoms with Crippen LogP contribution in [0.1, 0.15) is 42.6 Å². The predicted octanol–water partition coefficient (Wildman–Crippen LogP) is 3.56. The monoisotopic (exact) mass is 277 g/mol. The van der Waals surface area contributed by atoms with Crippen LogP contribution in [0.3, 0.4) is 0 Å². The third-order valence-electron chi connectivity index (χ3n) is 3.23.